The number of halogens is 2. The number of aromatic nitrogens is 1. The third kappa shape index (κ3) is 3.77. The topological polar surface area (TPSA) is 34.1 Å². The predicted molar refractivity (Wildman–Crippen MR) is 80.5 cm³/mol. The lowest BCUT2D eigenvalue weighted by Gasteiger charge is -2.09. The maximum absolute atomic E-state index is 13.4. The number of ether oxygens (including phenoxy) is 1. The quantitative estimate of drug-likeness (QED) is 0.887. The molecule has 0 bridgehead atoms. The van der Waals surface area contributed by atoms with Gasteiger partial charge in [0.2, 0.25) is 5.88 Å². The molecule has 0 fully saturated rings. The van der Waals surface area contributed by atoms with Gasteiger partial charge in [-0.3, -0.25) is 0 Å². The van der Waals surface area contributed by atoms with Gasteiger partial charge in [0.25, 0.3) is 0 Å². The maximum atomic E-state index is 13.4. The average molecular weight is 339 g/mol. The van der Waals surface area contributed by atoms with Crippen LogP contribution in [0.15, 0.2) is 34.8 Å². The average Bonchev–Trinajstić information content (AvgIpc) is 2.42. The number of nitrogens with one attached hydrogen (secondary N) is 1. The molecule has 0 aliphatic rings. The number of hydrogen-bond acceptors (Lipinski definition) is 3. The van der Waals surface area contributed by atoms with Crippen molar-refractivity contribution >= 4 is 15.9 Å². The molecule has 0 saturated carbocycles. The number of pyridine rings is 1. The second-order valence-corrected chi connectivity index (χ2v) is 5.21. The van der Waals surface area contributed by atoms with E-state index in [1.165, 1.54) is 6.07 Å². The standard InChI is InChI=1S/C15H16BrFN2O/c1-3-18-9-11-4-7-15(19-10(11)2)20-12-5-6-13(16)14(17)8-12/h4-8,18H,3,9H2,1-2H3. The summed E-state index contributed by atoms with van der Waals surface area (Å²) in [4.78, 5) is 4.38. The number of nitrogens with zero attached hydrogens (tertiary/aromatic N) is 1. The molecule has 0 aliphatic heterocycles. The molecule has 106 valence electrons. The van der Waals surface area contributed by atoms with E-state index in [0.717, 1.165) is 24.3 Å². The molecule has 0 atom stereocenters. The third-order valence-electron chi connectivity index (χ3n) is 2.85. The Balaban J connectivity index is 2.13. The molecule has 0 unspecified atom stereocenters. The summed E-state index contributed by atoms with van der Waals surface area (Å²) in [5, 5.41) is 3.25. The molecule has 3 nitrogen and oxygen atoms in total. The van der Waals surface area contributed by atoms with Crippen molar-refractivity contribution in [2.45, 2.75) is 20.4 Å². The Bertz CT molecular complexity index is 604. The summed E-state index contributed by atoms with van der Waals surface area (Å²) in [5.74, 6) is 0.532. The number of rotatable bonds is 5. The minimum Gasteiger partial charge on any atom is -0.439 e. The first-order chi connectivity index (χ1) is 9.60. The van der Waals surface area contributed by atoms with Crippen LogP contribution in [0.4, 0.5) is 4.39 Å². The Morgan fingerprint density at radius 3 is 2.75 bits per heavy atom. The Morgan fingerprint density at radius 1 is 1.30 bits per heavy atom. The van der Waals surface area contributed by atoms with Gasteiger partial charge in [0.05, 0.1) is 4.47 Å². The van der Waals surface area contributed by atoms with Crippen molar-refractivity contribution in [3.8, 4) is 11.6 Å². The fourth-order valence-electron chi connectivity index (χ4n) is 1.73. The zero-order valence-electron chi connectivity index (χ0n) is 11.4. The fraction of sp³-hybridized carbons (Fsp3) is 0.267. The molecular formula is C15H16BrFN2O. The summed E-state index contributed by atoms with van der Waals surface area (Å²) in [6.07, 6.45) is 0. The van der Waals surface area contributed by atoms with Gasteiger partial charge in [0, 0.05) is 24.4 Å². The summed E-state index contributed by atoms with van der Waals surface area (Å²) < 4.78 is 19.4. The highest BCUT2D eigenvalue weighted by atomic mass is 79.9. The van der Waals surface area contributed by atoms with Crippen LogP contribution in [0.1, 0.15) is 18.2 Å². The maximum Gasteiger partial charge on any atom is 0.219 e. The van der Waals surface area contributed by atoms with Crippen LogP contribution < -0.4 is 10.1 Å². The molecule has 0 amide bonds. The van der Waals surface area contributed by atoms with Gasteiger partial charge in [-0.05, 0) is 47.1 Å². The van der Waals surface area contributed by atoms with E-state index in [9.17, 15) is 4.39 Å². The van der Waals surface area contributed by atoms with Gasteiger partial charge in [-0.2, -0.15) is 0 Å². The van der Waals surface area contributed by atoms with Crippen molar-refractivity contribution < 1.29 is 9.13 Å². The lowest BCUT2D eigenvalue weighted by atomic mass is 10.2. The molecule has 0 aliphatic carbocycles. The lowest BCUT2D eigenvalue weighted by molar-refractivity contribution is 0.455. The van der Waals surface area contributed by atoms with Crippen molar-refractivity contribution in [2.24, 2.45) is 0 Å². The zero-order chi connectivity index (χ0) is 14.5. The summed E-state index contributed by atoms with van der Waals surface area (Å²) in [7, 11) is 0. The molecule has 20 heavy (non-hydrogen) atoms. The normalized spacial score (nSPS) is 10.6. The molecule has 0 spiro atoms. The Hall–Kier alpha value is -1.46. The largest absolute Gasteiger partial charge is 0.439 e. The molecule has 1 heterocycles. The van der Waals surface area contributed by atoms with Crippen molar-refractivity contribution in [1.29, 1.82) is 0 Å². The molecule has 5 heteroatoms. The van der Waals surface area contributed by atoms with Crippen molar-refractivity contribution in [3.63, 3.8) is 0 Å². The number of aryl methyl sites for hydroxylation is 1. The Labute approximate surface area is 126 Å². The van der Waals surface area contributed by atoms with Crippen LogP contribution in [0, 0.1) is 12.7 Å². The number of benzene rings is 1. The van der Waals surface area contributed by atoms with E-state index in [1.54, 1.807) is 18.2 Å². The molecule has 1 aromatic carbocycles. The van der Waals surface area contributed by atoms with E-state index in [1.807, 2.05) is 13.0 Å². The van der Waals surface area contributed by atoms with Gasteiger partial charge in [-0.1, -0.05) is 13.0 Å². The van der Waals surface area contributed by atoms with E-state index in [2.05, 4.69) is 33.2 Å². The minimum atomic E-state index is -0.358. The minimum absolute atomic E-state index is 0.358. The van der Waals surface area contributed by atoms with E-state index in [4.69, 9.17) is 4.74 Å². The smallest absolute Gasteiger partial charge is 0.219 e. The van der Waals surface area contributed by atoms with Gasteiger partial charge < -0.3 is 10.1 Å². The molecule has 2 rings (SSSR count). The van der Waals surface area contributed by atoms with Crippen LogP contribution in [-0.2, 0) is 6.54 Å². The molecule has 0 saturated heterocycles. The van der Waals surface area contributed by atoms with Crippen LogP contribution in [-0.4, -0.2) is 11.5 Å². The second kappa shape index (κ2) is 6.81. The van der Waals surface area contributed by atoms with Crippen LogP contribution in [0.2, 0.25) is 0 Å². The first-order valence-corrected chi connectivity index (χ1v) is 7.19. The second-order valence-electron chi connectivity index (χ2n) is 4.35. The molecule has 1 N–H and O–H groups in total. The Morgan fingerprint density at radius 2 is 2.10 bits per heavy atom. The van der Waals surface area contributed by atoms with Crippen LogP contribution in [0.25, 0.3) is 0 Å². The van der Waals surface area contributed by atoms with Gasteiger partial charge in [0.15, 0.2) is 0 Å². The SMILES string of the molecule is CCNCc1ccc(Oc2ccc(Br)c(F)c2)nc1C. The van der Waals surface area contributed by atoms with Crippen LogP contribution in [0.3, 0.4) is 0 Å². The van der Waals surface area contributed by atoms with Gasteiger partial charge >= 0.3 is 0 Å². The molecule has 1 aromatic heterocycles. The monoisotopic (exact) mass is 338 g/mol. The highest BCUT2D eigenvalue weighted by molar-refractivity contribution is 9.10. The van der Waals surface area contributed by atoms with Gasteiger partial charge in [-0.25, -0.2) is 9.37 Å². The lowest BCUT2D eigenvalue weighted by Crippen LogP contribution is -2.13. The predicted octanol–water partition coefficient (Wildman–Crippen LogP) is 4.19. The van der Waals surface area contributed by atoms with Gasteiger partial charge in [0.1, 0.15) is 11.6 Å². The van der Waals surface area contributed by atoms with Crippen molar-refractivity contribution in [2.75, 3.05) is 6.54 Å². The summed E-state index contributed by atoms with van der Waals surface area (Å²) in [5.41, 5.74) is 2.03. The van der Waals surface area contributed by atoms with Crippen molar-refractivity contribution in [1.82, 2.24) is 10.3 Å². The summed E-state index contributed by atoms with van der Waals surface area (Å²) >= 11 is 3.11. The Kier molecular flexibility index (Phi) is 5.09. The van der Waals surface area contributed by atoms with E-state index >= 15 is 0 Å². The van der Waals surface area contributed by atoms with E-state index in [-0.39, 0.29) is 5.82 Å². The summed E-state index contributed by atoms with van der Waals surface area (Å²) in [6, 6.07) is 8.39. The van der Waals surface area contributed by atoms with Crippen LogP contribution >= 0.6 is 15.9 Å². The highest BCUT2D eigenvalue weighted by Crippen LogP contribution is 2.25. The molecule has 2 aromatic rings. The molecular weight excluding hydrogens is 323 g/mol. The first kappa shape index (κ1) is 14.9. The van der Waals surface area contributed by atoms with E-state index < -0.39 is 0 Å². The highest BCUT2D eigenvalue weighted by Gasteiger charge is 2.06. The zero-order valence-corrected chi connectivity index (χ0v) is 13.0. The van der Waals surface area contributed by atoms with Crippen molar-refractivity contribution in [3.05, 3.63) is 51.9 Å². The summed E-state index contributed by atoms with van der Waals surface area (Å²) in [6.45, 7) is 5.68. The van der Waals surface area contributed by atoms with Crippen LogP contribution in [0.5, 0.6) is 11.6 Å². The fourth-order valence-corrected chi connectivity index (χ4v) is 1.98. The van der Waals surface area contributed by atoms with Gasteiger partial charge in [-0.15, -0.1) is 0 Å². The number of hydrogen-bond donors (Lipinski definition) is 1. The third-order valence-corrected chi connectivity index (χ3v) is 3.49. The molecule has 0 radical (unpaired) electrons. The van der Waals surface area contributed by atoms with E-state index in [0.29, 0.717) is 16.1 Å². The first-order valence-electron chi connectivity index (χ1n) is 6.40.